The van der Waals surface area contributed by atoms with Gasteiger partial charge in [0.1, 0.15) is 0 Å². The van der Waals surface area contributed by atoms with Crippen molar-refractivity contribution in [3.63, 3.8) is 0 Å². The largest absolute Gasteiger partial charge is 0.368 e. The van der Waals surface area contributed by atoms with Crippen LogP contribution < -0.4 is 4.90 Å². The van der Waals surface area contributed by atoms with Gasteiger partial charge in [0.15, 0.2) is 5.82 Å². The van der Waals surface area contributed by atoms with Crippen molar-refractivity contribution in [3.05, 3.63) is 54.4 Å². The highest BCUT2D eigenvalue weighted by Crippen LogP contribution is 2.42. The van der Waals surface area contributed by atoms with Crippen LogP contribution in [-0.4, -0.2) is 40.4 Å². The quantitative estimate of drug-likeness (QED) is 0.868. The van der Waals surface area contributed by atoms with Gasteiger partial charge in [-0.1, -0.05) is 6.07 Å². The molecule has 124 valence electrons. The maximum absolute atomic E-state index is 14.0. The predicted molar refractivity (Wildman–Crippen MR) is 87.7 cm³/mol. The van der Waals surface area contributed by atoms with Gasteiger partial charge in [0.05, 0.1) is 29.5 Å². The molecule has 2 saturated heterocycles. The third-order valence-corrected chi connectivity index (χ3v) is 5.13. The fraction of sp³-hybridized carbons (Fsp3) is 0.389. The molecule has 2 aromatic rings. The Labute approximate surface area is 140 Å². The predicted octanol–water partition coefficient (Wildman–Crippen LogP) is 2.24. The molecule has 0 bridgehead atoms. The number of halogens is 1. The van der Waals surface area contributed by atoms with E-state index in [1.807, 2.05) is 28.0 Å². The van der Waals surface area contributed by atoms with Crippen LogP contribution in [0, 0.1) is 11.2 Å². The van der Waals surface area contributed by atoms with Gasteiger partial charge >= 0.3 is 0 Å². The topological polar surface area (TPSA) is 49.3 Å². The zero-order chi connectivity index (χ0) is 16.6. The maximum atomic E-state index is 14.0. The first-order chi connectivity index (χ1) is 11.7. The molecule has 0 aromatic carbocycles. The van der Waals surface area contributed by atoms with E-state index in [-0.39, 0.29) is 17.1 Å². The number of pyridine rings is 2. The number of anilines is 1. The highest BCUT2D eigenvalue weighted by atomic mass is 19.1. The Morgan fingerprint density at radius 1 is 1.17 bits per heavy atom. The molecule has 2 fully saturated rings. The zero-order valence-electron chi connectivity index (χ0n) is 13.4. The molecule has 6 heteroatoms. The molecule has 0 saturated carbocycles. The minimum absolute atomic E-state index is 0.171. The highest BCUT2D eigenvalue weighted by molar-refractivity contribution is 5.86. The Balaban J connectivity index is 1.49. The Bertz CT molecular complexity index is 754. The first kappa shape index (κ1) is 15.1. The lowest BCUT2D eigenvalue weighted by Crippen LogP contribution is -2.37. The molecule has 4 heterocycles. The smallest absolute Gasteiger partial charge is 0.231 e. The molecular weight excluding hydrogens is 307 g/mol. The molecule has 0 radical (unpaired) electrons. The van der Waals surface area contributed by atoms with Crippen LogP contribution in [0.15, 0.2) is 42.9 Å². The van der Waals surface area contributed by atoms with Gasteiger partial charge in [-0.3, -0.25) is 14.8 Å². The summed E-state index contributed by atoms with van der Waals surface area (Å²) >= 11 is 0. The number of carbonyl (C=O) groups is 1. The van der Waals surface area contributed by atoms with Crippen LogP contribution in [0.2, 0.25) is 0 Å². The van der Waals surface area contributed by atoms with Crippen LogP contribution in [0.3, 0.4) is 0 Å². The molecule has 1 atom stereocenters. The summed E-state index contributed by atoms with van der Waals surface area (Å²) in [5.74, 6) is -0.157. The van der Waals surface area contributed by atoms with E-state index in [2.05, 4.69) is 9.97 Å². The van der Waals surface area contributed by atoms with E-state index in [0.29, 0.717) is 25.3 Å². The van der Waals surface area contributed by atoms with Gasteiger partial charge in [-0.25, -0.2) is 4.39 Å². The molecular formula is C18H19FN4O. The van der Waals surface area contributed by atoms with Crippen molar-refractivity contribution in [1.82, 2.24) is 14.9 Å². The van der Waals surface area contributed by atoms with Gasteiger partial charge in [0.25, 0.3) is 0 Å². The standard InChI is InChI=1S/C18H19FN4O/c19-15-11-20-8-4-16(15)23-10-6-18(13-23)5-9-22(17(18)24)12-14-3-1-2-7-21-14/h1-4,7-8,11H,5-6,9-10,12-13H2. The molecule has 2 aliphatic rings. The van der Waals surface area contributed by atoms with Crippen LogP contribution in [0.25, 0.3) is 0 Å². The van der Waals surface area contributed by atoms with Gasteiger partial charge in [-0.2, -0.15) is 0 Å². The van der Waals surface area contributed by atoms with Crippen LogP contribution >= 0.6 is 0 Å². The summed E-state index contributed by atoms with van der Waals surface area (Å²) in [4.78, 5) is 24.9. The molecule has 1 spiro atoms. The maximum Gasteiger partial charge on any atom is 0.231 e. The SMILES string of the molecule is O=C1N(Cc2ccccn2)CCC12CCN(c1ccncc1F)C2. The summed E-state index contributed by atoms with van der Waals surface area (Å²) in [7, 11) is 0. The van der Waals surface area contributed by atoms with Crippen LogP contribution in [0.1, 0.15) is 18.5 Å². The van der Waals surface area contributed by atoms with E-state index in [4.69, 9.17) is 0 Å². The number of nitrogens with zero attached hydrogens (tertiary/aromatic N) is 4. The second kappa shape index (κ2) is 5.85. The number of likely N-dealkylation sites (tertiary alicyclic amines) is 1. The van der Waals surface area contributed by atoms with Crippen molar-refractivity contribution in [1.29, 1.82) is 0 Å². The number of aromatic nitrogens is 2. The lowest BCUT2D eigenvalue weighted by atomic mass is 9.85. The van der Waals surface area contributed by atoms with Gasteiger partial charge in [-0.15, -0.1) is 0 Å². The Kier molecular flexibility index (Phi) is 3.67. The number of hydrogen-bond acceptors (Lipinski definition) is 4. The van der Waals surface area contributed by atoms with E-state index in [0.717, 1.165) is 25.1 Å². The van der Waals surface area contributed by atoms with Crippen molar-refractivity contribution in [2.75, 3.05) is 24.5 Å². The molecule has 1 unspecified atom stereocenters. The Hall–Kier alpha value is -2.50. The average molecular weight is 326 g/mol. The second-order valence-electron chi connectivity index (χ2n) is 6.58. The van der Waals surface area contributed by atoms with E-state index < -0.39 is 0 Å². The summed E-state index contributed by atoms with van der Waals surface area (Å²) in [5, 5.41) is 0. The second-order valence-corrected chi connectivity index (χ2v) is 6.58. The van der Waals surface area contributed by atoms with E-state index in [9.17, 15) is 9.18 Å². The molecule has 4 rings (SSSR count). The molecule has 5 nitrogen and oxygen atoms in total. The fourth-order valence-corrected chi connectivity index (χ4v) is 3.81. The Morgan fingerprint density at radius 3 is 2.83 bits per heavy atom. The van der Waals surface area contributed by atoms with Crippen molar-refractivity contribution in [2.45, 2.75) is 19.4 Å². The van der Waals surface area contributed by atoms with Crippen molar-refractivity contribution < 1.29 is 9.18 Å². The third-order valence-electron chi connectivity index (χ3n) is 5.13. The van der Waals surface area contributed by atoms with Crippen molar-refractivity contribution in [2.24, 2.45) is 5.41 Å². The summed E-state index contributed by atoms with van der Waals surface area (Å²) < 4.78 is 14.0. The van der Waals surface area contributed by atoms with Crippen LogP contribution in [0.5, 0.6) is 0 Å². The van der Waals surface area contributed by atoms with Crippen molar-refractivity contribution >= 4 is 11.6 Å². The molecule has 0 aliphatic carbocycles. The number of rotatable bonds is 3. The van der Waals surface area contributed by atoms with Gasteiger partial charge in [0, 0.05) is 32.0 Å². The molecule has 0 N–H and O–H groups in total. The number of carbonyl (C=O) groups excluding carboxylic acids is 1. The first-order valence-electron chi connectivity index (χ1n) is 8.22. The number of amides is 1. The van der Waals surface area contributed by atoms with E-state index >= 15 is 0 Å². The van der Waals surface area contributed by atoms with Gasteiger partial charge < -0.3 is 9.80 Å². The normalized spacial score (nSPS) is 23.5. The molecule has 2 aromatic heterocycles. The first-order valence-corrected chi connectivity index (χ1v) is 8.22. The fourth-order valence-electron chi connectivity index (χ4n) is 3.81. The van der Waals surface area contributed by atoms with E-state index in [1.54, 1.807) is 18.5 Å². The minimum Gasteiger partial charge on any atom is -0.368 e. The van der Waals surface area contributed by atoms with Crippen LogP contribution in [-0.2, 0) is 11.3 Å². The molecule has 1 amide bonds. The highest BCUT2D eigenvalue weighted by Gasteiger charge is 2.50. The lowest BCUT2D eigenvalue weighted by molar-refractivity contribution is -0.135. The summed E-state index contributed by atoms with van der Waals surface area (Å²) in [5.41, 5.74) is 1.06. The average Bonchev–Trinajstić information content (AvgIpc) is 3.16. The third kappa shape index (κ3) is 2.52. The van der Waals surface area contributed by atoms with Gasteiger partial charge in [-0.05, 0) is 31.0 Å². The van der Waals surface area contributed by atoms with E-state index in [1.165, 1.54) is 6.20 Å². The minimum atomic E-state index is -0.384. The van der Waals surface area contributed by atoms with Gasteiger partial charge in [0.2, 0.25) is 5.91 Å². The summed E-state index contributed by atoms with van der Waals surface area (Å²) in [6, 6.07) is 7.42. The summed E-state index contributed by atoms with van der Waals surface area (Å²) in [6.45, 7) is 2.56. The Morgan fingerprint density at radius 2 is 2.04 bits per heavy atom. The molecule has 2 aliphatic heterocycles. The van der Waals surface area contributed by atoms with Crippen LogP contribution in [0.4, 0.5) is 10.1 Å². The van der Waals surface area contributed by atoms with Crippen molar-refractivity contribution in [3.8, 4) is 0 Å². The number of hydrogen-bond donors (Lipinski definition) is 0. The summed E-state index contributed by atoms with van der Waals surface area (Å²) in [6.07, 6.45) is 6.15. The lowest BCUT2D eigenvalue weighted by Gasteiger charge is -2.24. The zero-order valence-corrected chi connectivity index (χ0v) is 13.4. The monoisotopic (exact) mass is 326 g/mol. The molecule has 24 heavy (non-hydrogen) atoms.